The zero-order chi connectivity index (χ0) is 42.1. The molecule has 0 aliphatic heterocycles. The van der Waals surface area contributed by atoms with E-state index >= 15 is 0 Å². The Morgan fingerprint density at radius 1 is 0.266 bits per heavy atom. The SMILES string of the molecule is c1ccc(-n2c3cc4ccccc4cc3c3c(-c4cccc(N(c5ccc(-c6ccc7c(ccc8ccccc87)c6)cc5)c5ccc6c(ccc7ccccc76)c5)c4)cccc32)cc1. The van der Waals surface area contributed by atoms with Gasteiger partial charge in [-0.05, 0) is 149 Å². The van der Waals surface area contributed by atoms with Crippen LogP contribution in [0.25, 0.3) is 104 Å². The summed E-state index contributed by atoms with van der Waals surface area (Å²) in [5.41, 5.74) is 11.6. The second-order valence-electron chi connectivity index (χ2n) is 16.9. The normalized spacial score (nSPS) is 11.8. The van der Waals surface area contributed by atoms with Crippen LogP contribution in [0.2, 0.25) is 0 Å². The van der Waals surface area contributed by atoms with Crippen molar-refractivity contribution >= 4 is 92.7 Å². The number of hydrogen-bond acceptors (Lipinski definition) is 1. The summed E-state index contributed by atoms with van der Waals surface area (Å²) in [6.07, 6.45) is 0. The summed E-state index contributed by atoms with van der Waals surface area (Å²) >= 11 is 0. The summed E-state index contributed by atoms with van der Waals surface area (Å²) in [6.45, 7) is 0. The highest BCUT2D eigenvalue weighted by atomic mass is 15.1. The first-order chi connectivity index (χ1) is 31.7. The van der Waals surface area contributed by atoms with Crippen molar-refractivity contribution in [3.05, 3.63) is 243 Å². The predicted octanol–water partition coefficient (Wildman–Crippen LogP) is 17.4. The van der Waals surface area contributed by atoms with Gasteiger partial charge < -0.3 is 9.47 Å². The van der Waals surface area contributed by atoms with Crippen LogP contribution in [-0.2, 0) is 0 Å². The molecule has 2 nitrogen and oxygen atoms in total. The van der Waals surface area contributed by atoms with Crippen LogP contribution < -0.4 is 4.90 Å². The lowest BCUT2D eigenvalue weighted by molar-refractivity contribution is 1.18. The van der Waals surface area contributed by atoms with E-state index in [9.17, 15) is 0 Å². The first-order valence-electron chi connectivity index (χ1n) is 22.1. The molecule has 12 aromatic carbocycles. The molecule has 298 valence electrons. The van der Waals surface area contributed by atoms with Crippen LogP contribution in [0.3, 0.4) is 0 Å². The third kappa shape index (κ3) is 5.88. The molecule has 13 rings (SSSR count). The summed E-state index contributed by atoms with van der Waals surface area (Å²) in [4.78, 5) is 2.41. The van der Waals surface area contributed by atoms with Crippen molar-refractivity contribution in [3.63, 3.8) is 0 Å². The molecule has 13 aromatic rings. The Hall–Kier alpha value is -8.46. The Bertz CT molecular complexity index is 3950. The van der Waals surface area contributed by atoms with E-state index < -0.39 is 0 Å². The molecule has 64 heavy (non-hydrogen) atoms. The van der Waals surface area contributed by atoms with Gasteiger partial charge >= 0.3 is 0 Å². The van der Waals surface area contributed by atoms with E-state index in [-0.39, 0.29) is 0 Å². The lowest BCUT2D eigenvalue weighted by atomic mass is 9.96. The summed E-state index contributed by atoms with van der Waals surface area (Å²) in [5.74, 6) is 0. The average Bonchev–Trinajstić information content (AvgIpc) is 3.69. The molecule has 0 aliphatic carbocycles. The molecule has 1 aromatic heterocycles. The van der Waals surface area contributed by atoms with E-state index in [4.69, 9.17) is 0 Å². The summed E-state index contributed by atoms with van der Waals surface area (Å²) in [6, 6.07) is 89.2. The molecule has 0 unspecified atom stereocenters. The Balaban J connectivity index is 0.978. The number of hydrogen-bond donors (Lipinski definition) is 0. The first kappa shape index (κ1) is 36.2. The molecule has 0 atom stereocenters. The first-order valence-corrected chi connectivity index (χ1v) is 22.1. The van der Waals surface area contributed by atoms with Gasteiger partial charge in [-0.15, -0.1) is 0 Å². The number of aromatic nitrogens is 1. The van der Waals surface area contributed by atoms with Crippen LogP contribution in [0.4, 0.5) is 17.1 Å². The van der Waals surface area contributed by atoms with Crippen LogP contribution in [-0.4, -0.2) is 4.57 Å². The molecule has 0 saturated carbocycles. The minimum absolute atomic E-state index is 1.09. The maximum atomic E-state index is 2.43. The van der Waals surface area contributed by atoms with Gasteiger partial charge in [-0.1, -0.05) is 170 Å². The minimum atomic E-state index is 1.09. The van der Waals surface area contributed by atoms with Gasteiger partial charge in [0.15, 0.2) is 0 Å². The number of anilines is 3. The molecule has 0 saturated heterocycles. The van der Waals surface area contributed by atoms with Crippen molar-refractivity contribution in [2.24, 2.45) is 0 Å². The number of rotatable bonds is 6. The third-order valence-corrected chi connectivity index (χ3v) is 13.3. The van der Waals surface area contributed by atoms with Gasteiger partial charge in [0, 0.05) is 33.5 Å². The van der Waals surface area contributed by atoms with Gasteiger partial charge in [-0.3, -0.25) is 0 Å². The van der Waals surface area contributed by atoms with E-state index in [1.165, 1.54) is 97.9 Å². The molecule has 0 aliphatic rings. The largest absolute Gasteiger partial charge is 0.310 e. The van der Waals surface area contributed by atoms with Crippen molar-refractivity contribution in [2.45, 2.75) is 0 Å². The van der Waals surface area contributed by atoms with E-state index in [2.05, 4.69) is 252 Å². The van der Waals surface area contributed by atoms with E-state index in [1.807, 2.05) is 0 Å². The third-order valence-electron chi connectivity index (χ3n) is 13.3. The molecule has 0 radical (unpaired) electrons. The molecule has 0 spiro atoms. The Kier molecular flexibility index (Phi) is 8.25. The monoisotopic (exact) mass is 812 g/mol. The Morgan fingerprint density at radius 3 is 1.58 bits per heavy atom. The molecule has 0 N–H and O–H groups in total. The van der Waals surface area contributed by atoms with Gasteiger partial charge in [-0.2, -0.15) is 0 Å². The molecule has 0 fully saturated rings. The fraction of sp³-hybridized carbons (Fsp3) is 0. The fourth-order valence-electron chi connectivity index (χ4n) is 10.2. The smallest absolute Gasteiger partial charge is 0.0547 e. The van der Waals surface area contributed by atoms with Crippen LogP contribution in [0.15, 0.2) is 243 Å². The number of fused-ring (bicyclic) bond motifs is 10. The standard InChI is InChI=1S/C62H40N2/c1-2-17-50(18-3-1)64-60-23-11-22-58(62(60)59-39-44-14-4-5-15-45(44)40-61(59)64)47-16-10-19-52(37-47)63(53-33-35-57-49(38-53)27-25-43-13-7-9-21-55(43)57)51-31-28-41(29-32-51)46-30-34-56-48(36-46)26-24-42-12-6-8-20-54(42)56/h1-40H. The van der Waals surface area contributed by atoms with Crippen LogP contribution >= 0.6 is 0 Å². The summed E-state index contributed by atoms with van der Waals surface area (Å²) in [5, 5.41) is 15.0. The number of para-hydroxylation sites is 1. The highest BCUT2D eigenvalue weighted by molar-refractivity contribution is 6.19. The van der Waals surface area contributed by atoms with Gasteiger partial charge in [-0.25, -0.2) is 0 Å². The van der Waals surface area contributed by atoms with Gasteiger partial charge in [0.25, 0.3) is 0 Å². The van der Waals surface area contributed by atoms with Gasteiger partial charge in [0.05, 0.1) is 11.0 Å². The minimum Gasteiger partial charge on any atom is -0.310 e. The van der Waals surface area contributed by atoms with Crippen molar-refractivity contribution in [1.29, 1.82) is 0 Å². The van der Waals surface area contributed by atoms with Crippen molar-refractivity contribution in [1.82, 2.24) is 4.57 Å². The highest BCUT2D eigenvalue weighted by Crippen LogP contribution is 2.44. The maximum absolute atomic E-state index is 2.43. The molecule has 1 heterocycles. The molecule has 0 amide bonds. The number of benzene rings is 12. The maximum Gasteiger partial charge on any atom is 0.0547 e. The van der Waals surface area contributed by atoms with Crippen LogP contribution in [0, 0.1) is 0 Å². The Morgan fingerprint density at radius 2 is 0.828 bits per heavy atom. The van der Waals surface area contributed by atoms with Crippen LogP contribution in [0.5, 0.6) is 0 Å². The van der Waals surface area contributed by atoms with Gasteiger partial charge in [0.2, 0.25) is 0 Å². The second-order valence-corrected chi connectivity index (χ2v) is 16.9. The Labute approximate surface area is 371 Å². The quantitative estimate of drug-likeness (QED) is 0.152. The average molecular weight is 813 g/mol. The zero-order valence-electron chi connectivity index (χ0n) is 35.0. The zero-order valence-corrected chi connectivity index (χ0v) is 35.0. The molecule has 2 heteroatoms. The lowest BCUT2D eigenvalue weighted by Gasteiger charge is -2.27. The van der Waals surface area contributed by atoms with E-state index in [1.54, 1.807) is 0 Å². The lowest BCUT2D eigenvalue weighted by Crippen LogP contribution is -2.10. The van der Waals surface area contributed by atoms with Gasteiger partial charge in [0.1, 0.15) is 0 Å². The van der Waals surface area contributed by atoms with Crippen LogP contribution in [0.1, 0.15) is 0 Å². The second kappa shape index (κ2) is 14.6. The van der Waals surface area contributed by atoms with E-state index in [0.717, 1.165) is 22.7 Å². The van der Waals surface area contributed by atoms with Crippen molar-refractivity contribution < 1.29 is 0 Å². The molecular weight excluding hydrogens is 773 g/mol. The summed E-state index contributed by atoms with van der Waals surface area (Å²) in [7, 11) is 0. The fourth-order valence-corrected chi connectivity index (χ4v) is 10.2. The topological polar surface area (TPSA) is 8.17 Å². The predicted molar refractivity (Wildman–Crippen MR) is 274 cm³/mol. The van der Waals surface area contributed by atoms with E-state index in [0.29, 0.717) is 0 Å². The van der Waals surface area contributed by atoms with Crippen molar-refractivity contribution in [3.8, 4) is 27.9 Å². The van der Waals surface area contributed by atoms with Crippen molar-refractivity contribution in [2.75, 3.05) is 4.90 Å². The summed E-state index contributed by atoms with van der Waals surface area (Å²) < 4.78 is 2.43. The number of nitrogens with zero attached hydrogens (tertiary/aromatic N) is 2. The molecule has 0 bridgehead atoms. The highest BCUT2D eigenvalue weighted by Gasteiger charge is 2.20. The molecular formula is C62H40N2.